The zero-order chi connectivity index (χ0) is 13.1. The second-order valence-electron chi connectivity index (χ2n) is 3.73. The number of pyridine rings is 1. The highest BCUT2D eigenvalue weighted by molar-refractivity contribution is 9.10. The molecule has 0 aliphatic carbocycles. The molecular weight excluding hydrogens is 308 g/mol. The molecule has 1 atom stereocenters. The highest BCUT2D eigenvalue weighted by Gasteiger charge is 2.13. The van der Waals surface area contributed by atoms with Crippen LogP contribution < -0.4 is 0 Å². The van der Waals surface area contributed by atoms with Crippen molar-refractivity contribution in [3.05, 3.63) is 46.5 Å². The standard InChI is InChI=1S/C11H10BrF2N3O/c12-8-1-2-9(15-5-8)10(18)3-7-4-16-17(6-7)11(13)14/h1-2,4-6,10-11,18H,3H2. The summed E-state index contributed by atoms with van der Waals surface area (Å²) in [6.45, 7) is -2.67. The van der Waals surface area contributed by atoms with Crippen molar-refractivity contribution < 1.29 is 13.9 Å². The lowest BCUT2D eigenvalue weighted by molar-refractivity contribution is 0.0564. The highest BCUT2D eigenvalue weighted by atomic mass is 79.9. The van der Waals surface area contributed by atoms with Gasteiger partial charge >= 0.3 is 6.55 Å². The van der Waals surface area contributed by atoms with Crippen molar-refractivity contribution in [2.24, 2.45) is 0 Å². The summed E-state index contributed by atoms with van der Waals surface area (Å²) in [5.74, 6) is 0. The number of rotatable bonds is 4. The fourth-order valence-corrected chi connectivity index (χ4v) is 1.74. The molecule has 0 amide bonds. The second kappa shape index (κ2) is 5.53. The van der Waals surface area contributed by atoms with Crippen molar-refractivity contribution in [1.82, 2.24) is 14.8 Å². The Balaban J connectivity index is 2.06. The largest absolute Gasteiger partial charge is 0.386 e. The fourth-order valence-electron chi connectivity index (χ4n) is 1.50. The van der Waals surface area contributed by atoms with Gasteiger partial charge in [-0.1, -0.05) is 0 Å². The van der Waals surface area contributed by atoms with Crippen molar-refractivity contribution in [3.63, 3.8) is 0 Å². The van der Waals surface area contributed by atoms with E-state index in [0.29, 0.717) is 15.9 Å². The minimum absolute atomic E-state index is 0.196. The highest BCUT2D eigenvalue weighted by Crippen LogP contribution is 2.19. The Labute approximate surface area is 110 Å². The van der Waals surface area contributed by atoms with Crippen LogP contribution in [0.15, 0.2) is 35.2 Å². The van der Waals surface area contributed by atoms with E-state index in [1.807, 2.05) is 0 Å². The van der Waals surface area contributed by atoms with E-state index < -0.39 is 12.7 Å². The average molecular weight is 318 g/mol. The van der Waals surface area contributed by atoms with Crippen molar-refractivity contribution in [3.8, 4) is 0 Å². The minimum Gasteiger partial charge on any atom is -0.386 e. The van der Waals surface area contributed by atoms with Crippen molar-refractivity contribution in [2.45, 2.75) is 19.1 Å². The van der Waals surface area contributed by atoms with Gasteiger partial charge in [-0.3, -0.25) is 4.98 Å². The van der Waals surface area contributed by atoms with Gasteiger partial charge in [0.2, 0.25) is 0 Å². The maximum Gasteiger partial charge on any atom is 0.333 e. The lowest BCUT2D eigenvalue weighted by Crippen LogP contribution is -2.03. The molecule has 1 N–H and O–H groups in total. The number of alkyl halides is 2. The Morgan fingerprint density at radius 1 is 1.33 bits per heavy atom. The molecule has 18 heavy (non-hydrogen) atoms. The van der Waals surface area contributed by atoms with Gasteiger partial charge in [-0.15, -0.1) is 0 Å². The van der Waals surface area contributed by atoms with E-state index in [-0.39, 0.29) is 6.42 Å². The van der Waals surface area contributed by atoms with Gasteiger partial charge in [0.15, 0.2) is 0 Å². The molecule has 96 valence electrons. The number of hydrogen-bond acceptors (Lipinski definition) is 3. The van der Waals surface area contributed by atoms with E-state index in [1.165, 1.54) is 12.4 Å². The van der Waals surface area contributed by atoms with Gasteiger partial charge < -0.3 is 5.11 Å². The molecule has 0 spiro atoms. The second-order valence-corrected chi connectivity index (χ2v) is 4.64. The van der Waals surface area contributed by atoms with Crippen molar-refractivity contribution in [2.75, 3.05) is 0 Å². The van der Waals surface area contributed by atoms with E-state index in [9.17, 15) is 13.9 Å². The van der Waals surface area contributed by atoms with Crippen LogP contribution >= 0.6 is 15.9 Å². The number of aliphatic hydroxyl groups is 1. The minimum atomic E-state index is -2.67. The number of aliphatic hydroxyl groups excluding tert-OH is 1. The molecule has 0 aromatic carbocycles. The maximum absolute atomic E-state index is 12.3. The lowest BCUT2D eigenvalue weighted by atomic mass is 10.1. The van der Waals surface area contributed by atoms with Crippen LogP contribution in [0, 0.1) is 0 Å². The zero-order valence-electron chi connectivity index (χ0n) is 9.17. The van der Waals surface area contributed by atoms with Crippen molar-refractivity contribution >= 4 is 15.9 Å². The first kappa shape index (κ1) is 13.1. The Morgan fingerprint density at radius 3 is 2.67 bits per heavy atom. The Hall–Kier alpha value is -1.34. The summed E-state index contributed by atoms with van der Waals surface area (Å²) in [5, 5.41) is 13.4. The molecule has 0 aliphatic heterocycles. The first-order valence-electron chi connectivity index (χ1n) is 5.17. The quantitative estimate of drug-likeness (QED) is 0.943. The summed E-state index contributed by atoms with van der Waals surface area (Å²) in [6, 6.07) is 3.43. The molecule has 2 aromatic heterocycles. The van der Waals surface area contributed by atoms with E-state index in [1.54, 1.807) is 18.3 Å². The van der Waals surface area contributed by atoms with Crippen LogP contribution in [0.3, 0.4) is 0 Å². The Kier molecular flexibility index (Phi) is 4.03. The SMILES string of the molecule is OC(Cc1cnn(C(F)F)c1)c1ccc(Br)cn1. The van der Waals surface area contributed by atoms with Gasteiger partial charge in [-0.2, -0.15) is 13.9 Å². The van der Waals surface area contributed by atoms with Crippen LogP contribution in [0.25, 0.3) is 0 Å². The lowest BCUT2D eigenvalue weighted by Gasteiger charge is -2.08. The molecule has 0 radical (unpaired) electrons. The molecule has 0 saturated carbocycles. The number of aromatic nitrogens is 3. The maximum atomic E-state index is 12.3. The molecule has 0 saturated heterocycles. The zero-order valence-corrected chi connectivity index (χ0v) is 10.8. The van der Waals surface area contributed by atoms with Crippen LogP contribution in [0.4, 0.5) is 8.78 Å². The monoisotopic (exact) mass is 317 g/mol. The van der Waals surface area contributed by atoms with Gasteiger partial charge in [0.25, 0.3) is 0 Å². The predicted molar refractivity (Wildman–Crippen MR) is 64.1 cm³/mol. The average Bonchev–Trinajstić information content (AvgIpc) is 2.78. The molecule has 0 bridgehead atoms. The summed E-state index contributed by atoms with van der Waals surface area (Å²) < 4.78 is 26.0. The number of nitrogens with zero attached hydrogens (tertiary/aromatic N) is 3. The molecule has 2 heterocycles. The summed E-state index contributed by atoms with van der Waals surface area (Å²) in [4.78, 5) is 4.04. The van der Waals surface area contributed by atoms with E-state index in [2.05, 4.69) is 26.0 Å². The third-order valence-electron chi connectivity index (χ3n) is 2.38. The van der Waals surface area contributed by atoms with Crippen LogP contribution in [-0.2, 0) is 6.42 Å². The van der Waals surface area contributed by atoms with E-state index in [0.717, 1.165) is 4.47 Å². The number of halogens is 3. The third-order valence-corrected chi connectivity index (χ3v) is 2.84. The predicted octanol–water partition coefficient (Wildman–Crippen LogP) is 2.71. The summed E-state index contributed by atoms with van der Waals surface area (Å²) >= 11 is 3.24. The van der Waals surface area contributed by atoms with Crippen LogP contribution in [0.5, 0.6) is 0 Å². The molecular formula is C11H10BrF2N3O. The van der Waals surface area contributed by atoms with E-state index in [4.69, 9.17) is 0 Å². The molecule has 2 aromatic rings. The molecule has 0 aliphatic rings. The first-order valence-corrected chi connectivity index (χ1v) is 5.96. The van der Waals surface area contributed by atoms with Gasteiger partial charge in [-0.05, 0) is 33.6 Å². The van der Waals surface area contributed by atoms with Crippen LogP contribution in [0.2, 0.25) is 0 Å². The normalized spacial score (nSPS) is 12.9. The summed E-state index contributed by atoms with van der Waals surface area (Å²) in [7, 11) is 0. The molecule has 7 heteroatoms. The van der Waals surface area contributed by atoms with Gasteiger partial charge in [0.05, 0.1) is 11.9 Å². The van der Waals surface area contributed by atoms with Crippen LogP contribution in [-0.4, -0.2) is 19.9 Å². The van der Waals surface area contributed by atoms with Gasteiger partial charge in [0.1, 0.15) is 6.10 Å². The molecule has 4 nitrogen and oxygen atoms in total. The molecule has 2 rings (SSSR count). The molecule has 1 unspecified atom stereocenters. The Bertz CT molecular complexity index is 515. The third kappa shape index (κ3) is 3.11. The Morgan fingerprint density at radius 2 is 2.11 bits per heavy atom. The molecule has 0 fully saturated rings. The van der Waals surface area contributed by atoms with Gasteiger partial charge in [-0.25, -0.2) is 4.68 Å². The van der Waals surface area contributed by atoms with Crippen molar-refractivity contribution in [1.29, 1.82) is 0 Å². The summed E-state index contributed by atoms with van der Waals surface area (Å²) in [5.41, 5.74) is 1.02. The van der Waals surface area contributed by atoms with Crippen LogP contribution in [0.1, 0.15) is 23.9 Å². The van der Waals surface area contributed by atoms with Gasteiger partial charge in [0, 0.05) is 23.3 Å². The smallest absolute Gasteiger partial charge is 0.333 e. The van der Waals surface area contributed by atoms with E-state index >= 15 is 0 Å². The first-order chi connectivity index (χ1) is 8.56. The summed E-state index contributed by atoms with van der Waals surface area (Å²) in [6.07, 6.45) is 3.46. The number of hydrogen-bond donors (Lipinski definition) is 1. The topological polar surface area (TPSA) is 50.9 Å². The fraction of sp³-hybridized carbons (Fsp3) is 0.273.